The van der Waals surface area contributed by atoms with Crippen molar-refractivity contribution in [3.8, 4) is 5.75 Å². The molecule has 0 saturated heterocycles. The Morgan fingerprint density at radius 2 is 1.96 bits per heavy atom. The van der Waals surface area contributed by atoms with Gasteiger partial charge in [-0.1, -0.05) is 13.0 Å². The van der Waals surface area contributed by atoms with Crippen LogP contribution in [0.5, 0.6) is 5.75 Å². The van der Waals surface area contributed by atoms with Gasteiger partial charge in [-0.05, 0) is 25.5 Å². The molecule has 1 atom stereocenters. The summed E-state index contributed by atoms with van der Waals surface area (Å²) in [5.41, 5.74) is -0.618. The molecule has 0 spiro atoms. The van der Waals surface area contributed by atoms with Gasteiger partial charge in [0.15, 0.2) is 5.69 Å². The third-order valence-electron chi connectivity index (χ3n) is 3.12. The van der Waals surface area contributed by atoms with Gasteiger partial charge >= 0.3 is 6.18 Å². The molecule has 2 rings (SSSR count). The number of halogens is 3. The van der Waals surface area contributed by atoms with Gasteiger partial charge in [0.05, 0.1) is 0 Å². The van der Waals surface area contributed by atoms with Crippen molar-refractivity contribution in [3.63, 3.8) is 0 Å². The van der Waals surface area contributed by atoms with E-state index in [2.05, 4.69) is 20.6 Å². The summed E-state index contributed by atoms with van der Waals surface area (Å²) in [5.74, 6) is -0.112. The number of aromatic nitrogens is 2. The third kappa shape index (κ3) is 4.73. The Kier molecular flexibility index (Phi) is 4.92. The van der Waals surface area contributed by atoms with E-state index in [4.69, 9.17) is 0 Å². The van der Waals surface area contributed by atoms with Crippen LogP contribution in [0.25, 0.3) is 0 Å². The van der Waals surface area contributed by atoms with Crippen molar-refractivity contribution in [2.45, 2.75) is 32.5 Å². The molecule has 2 aromatic rings. The molecular formula is C15H17F3N4O. The maximum absolute atomic E-state index is 13.0. The quantitative estimate of drug-likeness (QED) is 0.770. The molecule has 124 valence electrons. The Bertz CT molecular complexity index is 676. The number of benzene rings is 1. The molecule has 0 amide bonds. The normalized spacial score (nSPS) is 12.7. The summed E-state index contributed by atoms with van der Waals surface area (Å²) in [4.78, 5) is 7.56. The van der Waals surface area contributed by atoms with Crippen molar-refractivity contribution in [2.75, 3.05) is 10.6 Å². The Labute approximate surface area is 131 Å². The molecule has 3 N–H and O–H groups in total. The van der Waals surface area contributed by atoms with Crippen LogP contribution in [0.1, 0.15) is 26.0 Å². The molecule has 8 heteroatoms. The smallest absolute Gasteiger partial charge is 0.433 e. The zero-order chi connectivity index (χ0) is 17.0. The fraction of sp³-hybridized carbons (Fsp3) is 0.333. The summed E-state index contributed by atoms with van der Waals surface area (Å²) >= 11 is 0. The molecule has 1 aromatic heterocycles. The van der Waals surface area contributed by atoms with Crippen LogP contribution < -0.4 is 10.6 Å². The van der Waals surface area contributed by atoms with Crippen molar-refractivity contribution in [2.24, 2.45) is 0 Å². The van der Waals surface area contributed by atoms with E-state index in [0.717, 1.165) is 12.5 Å². The molecule has 0 aliphatic rings. The maximum atomic E-state index is 13.0. The van der Waals surface area contributed by atoms with Crippen molar-refractivity contribution in [3.05, 3.63) is 36.0 Å². The molecule has 5 nitrogen and oxygen atoms in total. The van der Waals surface area contributed by atoms with E-state index in [1.54, 1.807) is 12.1 Å². The molecule has 0 fully saturated rings. The molecule has 1 aromatic carbocycles. The lowest BCUT2D eigenvalue weighted by atomic mass is 10.2. The summed E-state index contributed by atoms with van der Waals surface area (Å²) < 4.78 is 39.0. The van der Waals surface area contributed by atoms with Gasteiger partial charge in [-0.25, -0.2) is 4.98 Å². The number of alkyl halides is 3. The summed E-state index contributed by atoms with van der Waals surface area (Å²) in [6.07, 6.45) is -3.86. The fourth-order valence-electron chi connectivity index (χ4n) is 1.78. The summed E-state index contributed by atoms with van der Waals surface area (Å²) in [6.45, 7) is 3.73. The van der Waals surface area contributed by atoms with Crippen LogP contribution in [0, 0.1) is 0 Å². The maximum Gasteiger partial charge on any atom is 0.433 e. The monoisotopic (exact) mass is 326 g/mol. The minimum absolute atomic E-state index is 0.00180. The van der Waals surface area contributed by atoms with Crippen LogP contribution >= 0.6 is 0 Å². The molecule has 0 radical (unpaired) electrons. The standard InChI is InChI=1S/C15H17F3N4O/c1-3-9(2)19-14-21-12(15(16,17)18)8-13(22-14)20-10-5-4-6-11(23)7-10/h4-9,23H,3H2,1-2H3,(H2,19,20,21,22)/t9-/m0/s1. The molecule has 1 heterocycles. The van der Waals surface area contributed by atoms with Gasteiger partial charge in [-0.2, -0.15) is 18.2 Å². The highest BCUT2D eigenvalue weighted by Crippen LogP contribution is 2.30. The first-order valence-electron chi connectivity index (χ1n) is 7.07. The van der Waals surface area contributed by atoms with E-state index in [1.165, 1.54) is 12.1 Å². The predicted octanol–water partition coefficient (Wildman–Crippen LogP) is 4.16. The lowest BCUT2D eigenvalue weighted by Gasteiger charge is -2.15. The zero-order valence-electron chi connectivity index (χ0n) is 12.6. The Morgan fingerprint density at radius 3 is 2.57 bits per heavy atom. The number of phenols is 1. The van der Waals surface area contributed by atoms with Gasteiger partial charge in [0.1, 0.15) is 11.6 Å². The van der Waals surface area contributed by atoms with Crippen LogP contribution in [-0.2, 0) is 6.18 Å². The molecule has 0 aliphatic carbocycles. The lowest BCUT2D eigenvalue weighted by Crippen LogP contribution is -2.18. The molecular weight excluding hydrogens is 309 g/mol. The number of nitrogens with one attached hydrogen (secondary N) is 2. The van der Waals surface area contributed by atoms with Gasteiger partial charge in [-0.3, -0.25) is 0 Å². The van der Waals surface area contributed by atoms with Crippen molar-refractivity contribution >= 4 is 17.5 Å². The van der Waals surface area contributed by atoms with Crippen LogP contribution in [-0.4, -0.2) is 21.1 Å². The van der Waals surface area contributed by atoms with Crippen LogP contribution in [0.3, 0.4) is 0 Å². The van der Waals surface area contributed by atoms with Gasteiger partial charge < -0.3 is 15.7 Å². The van der Waals surface area contributed by atoms with E-state index in [0.29, 0.717) is 5.69 Å². The van der Waals surface area contributed by atoms with Gasteiger partial charge in [-0.15, -0.1) is 0 Å². The second kappa shape index (κ2) is 6.72. The van der Waals surface area contributed by atoms with E-state index < -0.39 is 11.9 Å². The first-order chi connectivity index (χ1) is 10.8. The summed E-state index contributed by atoms with van der Waals surface area (Å²) in [6, 6.07) is 6.79. The zero-order valence-corrected chi connectivity index (χ0v) is 12.6. The van der Waals surface area contributed by atoms with E-state index in [1.807, 2.05) is 13.8 Å². The third-order valence-corrected chi connectivity index (χ3v) is 3.12. The molecule has 0 unspecified atom stereocenters. The van der Waals surface area contributed by atoms with Crippen LogP contribution in [0.15, 0.2) is 30.3 Å². The van der Waals surface area contributed by atoms with E-state index in [-0.39, 0.29) is 23.6 Å². The SMILES string of the molecule is CC[C@H](C)Nc1nc(Nc2cccc(O)c2)cc(C(F)(F)F)n1. The fourth-order valence-corrected chi connectivity index (χ4v) is 1.78. The highest BCUT2D eigenvalue weighted by molar-refractivity contribution is 5.59. The van der Waals surface area contributed by atoms with Crippen molar-refractivity contribution in [1.29, 1.82) is 0 Å². The number of aromatic hydroxyl groups is 1. The number of rotatable bonds is 5. The molecule has 0 aliphatic heterocycles. The Morgan fingerprint density at radius 1 is 1.22 bits per heavy atom. The lowest BCUT2D eigenvalue weighted by molar-refractivity contribution is -0.141. The predicted molar refractivity (Wildman–Crippen MR) is 81.8 cm³/mol. The largest absolute Gasteiger partial charge is 0.508 e. The topological polar surface area (TPSA) is 70.1 Å². The number of hydrogen-bond acceptors (Lipinski definition) is 5. The summed E-state index contributed by atoms with van der Waals surface area (Å²) in [7, 11) is 0. The van der Waals surface area contributed by atoms with Crippen molar-refractivity contribution < 1.29 is 18.3 Å². The van der Waals surface area contributed by atoms with Gasteiger partial charge in [0, 0.05) is 23.9 Å². The number of anilines is 3. The second-order valence-corrected chi connectivity index (χ2v) is 5.09. The minimum atomic E-state index is -4.58. The highest BCUT2D eigenvalue weighted by atomic mass is 19.4. The molecule has 0 saturated carbocycles. The van der Waals surface area contributed by atoms with E-state index >= 15 is 0 Å². The highest BCUT2D eigenvalue weighted by Gasteiger charge is 2.33. The average Bonchev–Trinajstić information content (AvgIpc) is 2.46. The average molecular weight is 326 g/mol. The first-order valence-corrected chi connectivity index (χ1v) is 7.07. The molecule has 23 heavy (non-hydrogen) atoms. The molecule has 0 bridgehead atoms. The van der Waals surface area contributed by atoms with Gasteiger partial charge in [0.25, 0.3) is 0 Å². The van der Waals surface area contributed by atoms with Crippen LogP contribution in [0.2, 0.25) is 0 Å². The summed E-state index contributed by atoms with van der Waals surface area (Å²) in [5, 5.41) is 15.0. The second-order valence-electron chi connectivity index (χ2n) is 5.09. The number of hydrogen-bond donors (Lipinski definition) is 3. The van der Waals surface area contributed by atoms with E-state index in [9.17, 15) is 18.3 Å². The van der Waals surface area contributed by atoms with Gasteiger partial charge in [0.2, 0.25) is 5.95 Å². The first kappa shape index (κ1) is 16.9. The number of nitrogens with zero attached hydrogens (tertiary/aromatic N) is 2. The van der Waals surface area contributed by atoms with Crippen LogP contribution in [0.4, 0.5) is 30.6 Å². The van der Waals surface area contributed by atoms with Crippen molar-refractivity contribution in [1.82, 2.24) is 9.97 Å². The number of phenolic OH excluding ortho intramolecular Hbond substituents is 1. The Balaban J connectivity index is 2.35. The minimum Gasteiger partial charge on any atom is -0.508 e. The Hall–Kier alpha value is -2.51.